The summed E-state index contributed by atoms with van der Waals surface area (Å²) in [6.07, 6.45) is 6.26. The lowest BCUT2D eigenvalue weighted by Crippen LogP contribution is -2.52. The minimum absolute atomic E-state index is 0.0318. The van der Waals surface area contributed by atoms with Gasteiger partial charge in [0.1, 0.15) is 6.04 Å². The van der Waals surface area contributed by atoms with Crippen molar-refractivity contribution in [3.05, 3.63) is 29.3 Å². The van der Waals surface area contributed by atoms with Crippen LogP contribution in [-0.2, 0) is 20.9 Å². The van der Waals surface area contributed by atoms with Crippen LogP contribution in [-0.4, -0.2) is 46.7 Å². The molecule has 5 rings (SSSR count). The topological polar surface area (TPSA) is 108 Å². The second-order valence-electron chi connectivity index (χ2n) is 8.87. The first-order valence-electron chi connectivity index (χ1n) is 10.8. The summed E-state index contributed by atoms with van der Waals surface area (Å²) in [6.45, 7) is 0.302. The second kappa shape index (κ2) is 7.50. The van der Waals surface area contributed by atoms with Crippen LogP contribution in [0, 0.1) is 5.92 Å². The van der Waals surface area contributed by atoms with Gasteiger partial charge in [-0.1, -0.05) is 12.8 Å². The molecule has 3 fully saturated rings. The van der Waals surface area contributed by atoms with Gasteiger partial charge in [0.2, 0.25) is 17.7 Å². The molecule has 8 heteroatoms. The van der Waals surface area contributed by atoms with E-state index >= 15 is 0 Å². The molecular formula is C22H26N4O4. The van der Waals surface area contributed by atoms with E-state index in [2.05, 4.69) is 16.0 Å². The molecule has 4 atom stereocenters. The van der Waals surface area contributed by atoms with Gasteiger partial charge in [-0.2, -0.15) is 0 Å². The van der Waals surface area contributed by atoms with Crippen LogP contribution in [0.4, 0.5) is 5.69 Å². The van der Waals surface area contributed by atoms with E-state index in [0.29, 0.717) is 36.2 Å². The van der Waals surface area contributed by atoms with Crippen LogP contribution in [0.2, 0.25) is 0 Å². The highest BCUT2D eigenvalue weighted by molar-refractivity contribution is 6.05. The van der Waals surface area contributed by atoms with Gasteiger partial charge in [0.15, 0.2) is 0 Å². The van der Waals surface area contributed by atoms with E-state index in [9.17, 15) is 19.2 Å². The van der Waals surface area contributed by atoms with E-state index < -0.39 is 11.9 Å². The SMILES string of the molecule is O=C1CCC(N2Cc3cc(NC(=O)[C@@H]4C[C@@H]5CCCCC5N4)ccc3C2=O)C(=O)N1. The molecule has 1 aromatic rings. The van der Waals surface area contributed by atoms with Crippen molar-refractivity contribution in [3.8, 4) is 0 Å². The Labute approximate surface area is 174 Å². The van der Waals surface area contributed by atoms with Gasteiger partial charge >= 0.3 is 0 Å². The standard InChI is InChI=1S/C22H26N4O4/c27-19-8-7-18(21(29)25-19)26-11-13-9-14(5-6-15(13)22(26)30)23-20(28)17-10-12-3-1-2-4-16(12)24-17/h5-6,9,12,16-18,24H,1-4,7-8,10-11H2,(H,23,28)(H,25,27,29)/t12-,16?,17-,18?/m0/s1. The first-order valence-corrected chi connectivity index (χ1v) is 10.8. The molecule has 3 heterocycles. The molecule has 2 saturated heterocycles. The van der Waals surface area contributed by atoms with Crippen molar-refractivity contribution < 1.29 is 19.2 Å². The molecule has 1 saturated carbocycles. The molecule has 0 bridgehead atoms. The number of fused-ring (bicyclic) bond motifs is 2. The molecular weight excluding hydrogens is 384 g/mol. The molecule has 3 aliphatic heterocycles. The maximum Gasteiger partial charge on any atom is 0.255 e. The number of carbonyl (C=O) groups excluding carboxylic acids is 4. The van der Waals surface area contributed by atoms with Gasteiger partial charge < -0.3 is 15.5 Å². The maximum absolute atomic E-state index is 12.8. The van der Waals surface area contributed by atoms with E-state index in [4.69, 9.17) is 0 Å². The van der Waals surface area contributed by atoms with Gasteiger partial charge in [0, 0.05) is 30.3 Å². The molecule has 2 unspecified atom stereocenters. The zero-order valence-electron chi connectivity index (χ0n) is 16.8. The Balaban J connectivity index is 1.26. The summed E-state index contributed by atoms with van der Waals surface area (Å²) in [5.74, 6) is -0.371. The minimum atomic E-state index is -0.633. The van der Waals surface area contributed by atoms with Gasteiger partial charge in [0.25, 0.3) is 5.91 Å². The van der Waals surface area contributed by atoms with Gasteiger partial charge in [-0.3, -0.25) is 24.5 Å². The fourth-order valence-electron chi connectivity index (χ4n) is 5.40. The Morgan fingerprint density at radius 1 is 1.10 bits per heavy atom. The Bertz CT molecular complexity index is 916. The second-order valence-corrected chi connectivity index (χ2v) is 8.87. The molecule has 0 spiro atoms. The lowest BCUT2D eigenvalue weighted by atomic mass is 9.85. The van der Waals surface area contributed by atoms with Crippen LogP contribution in [0.15, 0.2) is 18.2 Å². The van der Waals surface area contributed by atoms with Crippen molar-refractivity contribution in [2.45, 2.75) is 69.6 Å². The fourth-order valence-corrected chi connectivity index (χ4v) is 5.40. The Hall–Kier alpha value is -2.74. The van der Waals surface area contributed by atoms with Crippen LogP contribution in [0.5, 0.6) is 0 Å². The molecule has 4 amide bonds. The first kappa shape index (κ1) is 19.2. The Morgan fingerprint density at radius 3 is 2.73 bits per heavy atom. The summed E-state index contributed by atoms with van der Waals surface area (Å²) in [5.41, 5.74) is 1.99. The lowest BCUT2D eigenvalue weighted by molar-refractivity contribution is -0.137. The summed E-state index contributed by atoms with van der Waals surface area (Å²) in [5, 5.41) is 8.78. The largest absolute Gasteiger partial charge is 0.325 e. The van der Waals surface area contributed by atoms with Crippen LogP contribution in [0.1, 0.15) is 60.9 Å². The number of amides is 4. The predicted molar refractivity (Wildman–Crippen MR) is 108 cm³/mol. The molecule has 4 aliphatic rings. The van der Waals surface area contributed by atoms with Crippen LogP contribution in [0.3, 0.4) is 0 Å². The number of rotatable bonds is 3. The zero-order chi connectivity index (χ0) is 20.8. The number of nitrogens with one attached hydrogen (secondary N) is 3. The van der Waals surface area contributed by atoms with E-state index in [1.165, 1.54) is 24.2 Å². The first-order chi connectivity index (χ1) is 14.5. The average Bonchev–Trinajstić information content (AvgIpc) is 3.29. The van der Waals surface area contributed by atoms with Gasteiger partial charge in [0.05, 0.1) is 6.04 Å². The fraction of sp³-hybridized carbons (Fsp3) is 0.545. The quantitative estimate of drug-likeness (QED) is 0.651. The third kappa shape index (κ3) is 3.39. The molecule has 0 aromatic heterocycles. The van der Waals surface area contributed by atoms with E-state index in [1.54, 1.807) is 12.1 Å². The summed E-state index contributed by atoms with van der Waals surface area (Å²) in [6, 6.07) is 4.92. The van der Waals surface area contributed by atoms with E-state index in [0.717, 1.165) is 18.4 Å². The number of nitrogens with zero attached hydrogens (tertiary/aromatic N) is 1. The van der Waals surface area contributed by atoms with Crippen LogP contribution < -0.4 is 16.0 Å². The van der Waals surface area contributed by atoms with Crippen molar-refractivity contribution in [2.75, 3.05) is 5.32 Å². The minimum Gasteiger partial charge on any atom is -0.325 e. The zero-order valence-corrected chi connectivity index (χ0v) is 16.8. The molecule has 0 radical (unpaired) electrons. The highest BCUT2D eigenvalue weighted by Gasteiger charge is 2.40. The normalized spacial score (nSPS) is 30.7. The predicted octanol–water partition coefficient (Wildman–Crippen LogP) is 1.31. The lowest BCUT2D eigenvalue weighted by Gasteiger charge is -2.29. The molecule has 1 aromatic carbocycles. The maximum atomic E-state index is 12.8. The smallest absolute Gasteiger partial charge is 0.255 e. The number of piperidine rings is 1. The Morgan fingerprint density at radius 2 is 1.93 bits per heavy atom. The molecule has 1 aliphatic carbocycles. The van der Waals surface area contributed by atoms with Crippen molar-refractivity contribution in [2.24, 2.45) is 5.92 Å². The number of carbonyl (C=O) groups is 4. The average molecular weight is 410 g/mol. The summed E-state index contributed by atoms with van der Waals surface area (Å²) >= 11 is 0. The number of benzene rings is 1. The third-order valence-electron chi connectivity index (χ3n) is 6.97. The molecule has 158 valence electrons. The summed E-state index contributed by atoms with van der Waals surface area (Å²) in [7, 11) is 0. The van der Waals surface area contributed by atoms with Gasteiger partial charge in [-0.25, -0.2) is 0 Å². The van der Waals surface area contributed by atoms with Gasteiger partial charge in [-0.05, 0) is 55.4 Å². The molecule has 8 nitrogen and oxygen atoms in total. The van der Waals surface area contributed by atoms with E-state index in [-0.39, 0.29) is 30.2 Å². The summed E-state index contributed by atoms with van der Waals surface area (Å²) < 4.78 is 0. The van der Waals surface area contributed by atoms with Crippen molar-refractivity contribution >= 4 is 29.3 Å². The summed E-state index contributed by atoms with van der Waals surface area (Å²) in [4.78, 5) is 50.6. The number of anilines is 1. The number of hydrogen-bond donors (Lipinski definition) is 3. The number of imide groups is 1. The van der Waals surface area contributed by atoms with Gasteiger partial charge in [-0.15, -0.1) is 0 Å². The van der Waals surface area contributed by atoms with Crippen molar-refractivity contribution in [3.63, 3.8) is 0 Å². The van der Waals surface area contributed by atoms with Crippen molar-refractivity contribution in [1.82, 2.24) is 15.5 Å². The van der Waals surface area contributed by atoms with E-state index in [1.807, 2.05) is 6.07 Å². The molecule has 30 heavy (non-hydrogen) atoms. The third-order valence-corrected chi connectivity index (χ3v) is 6.97. The van der Waals surface area contributed by atoms with Crippen LogP contribution >= 0.6 is 0 Å². The number of hydrogen-bond acceptors (Lipinski definition) is 5. The highest BCUT2D eigenvalue weighted by atomic mass is 16.2. The van der Waals surface area contributed by atoms with Crippen LogP contribution in [0.25, 0.3) is 0 Å². The Kier molecular flexibility index (Phi) is 4.81. The van der Waals surface area contributed by atoms with Crippen molar-refractivity contribution in [1.29, 1.82) is 0 Å². The molecule has 3 N–H and O–H groups in total. The highest BCUT2D eigenvalue weighted by Crippen LogP contribution is 2.34. The monoisotopic (exact) mass is 410 g/mol.